The van der Waals surface area contributed by atoms with Gasteiger partial charge in [-0.15, -0.1) is 11.6 Å². The van der Waals surface area contributed by atoms with E-state index in [1.54, 1.807) is 13.2 Å². The molecule has 1 aromatic carbocycles. The van der Waals surface area contributed by atoms with Crippen molar-refractivity contribution < 1.29 is 13.2 Å². The molecule has 1 rings (SSSR count). The van der Waals surface area contributed by atoms with Crippen LogP contribution in [0.25, 0.3) is 0 Å². The molecule has 0 unspecified atom stereocenters. The first-order valence-corrected chi connectivity index (χ1v) is 8.56. The Morgan fingerprint density at radius 1 is 1.30 bits per heavy atom. The molecule has 1 aromatic rings. The van der Waals surface area contributed by atoms with Gasteiger partial charge in [0.2, 0.25) is 10.0 Å². The Labute approximate surface area is 134 Å². The maximum absolute atomic E-state index is 12.5. The summed E-state index contributed by atoms with van der Waals surface area (Å²) in [6.07, 6.45) is 0.590. The number of ether oxygens (including phenoxy) is 1. The highest BCUT2D eigenvalue weighted by molar-refractivity contribution is 7.89. The number of rotatable bonds is 7. The van der Waals surface area contributed by atoms with Gasteiger partial charge >= 0.3 is 0 Å². The van der Waals surface area contributed by atoms with Crippen LogP contribution >= 0.6 is 34.8 Å². The third-order valence-corrected chi connectivity index (χ3v) is 5.68. The maximum Gasteiger partial charge on any atom is 0.244 e. The molecule has 8 heteroatoms. The van der Waals surface area contributed by atoms with Crippen LogP contribution in [0.2, 0.25) is 10.0 Å². The van der Waals surface area contributed by atoms with E-state index in [0.29, 0.717) is 25.1 Å². The molecule has 0 bridgehead atoms. The minimum absolute atomic E-state index is 0.0257. The van der Waals surface area contributed by atoms with Crippen molar-refractivity contribution in [2.24, 2.45) is 0 Å². The maximum atomic E-state index is 12.5. The van der Waals surface area contributed by atoms with Crippen LogP contribution in [0.5, 0.6) is 0 Å². The summed E-state index contributed by atoms with van der Waals surface area (Å²) >= 11 is 17.8. The number of alkyl halides is 1. The Morgan fingerprint density at radius 2 is 1.95 bits per heavy atom. The lowest BCUT2D eigenvalue weighted by molar-refractivity contribution is 0.189. The smallest absolute Gasteiger partial charge is 0.244 e. The van der Waals surface area contributed by atoms with E-state index in [9.17, 15) is 8.42 Å². The summed E-state index contributed by atoms with van der Waals surface area (Å²) in [6, 6.07) is 2.89. The Bertz CT molecular complexity index is 563. The lowest BCUT2D eigenvalue weighted by Gasteiger charge is -2.19. The molecule has 0 heterocycles. The van der Waals surface area contributed by atoms with E-state index in [0.717, 1.165) is 0 Å². The average Bonchev–Trinajstić information content (AvgIpc) is 2.40. The molecular weight excluding hydrogens is 345 g/mol. The quantitative estimate of drug-likeness (QED) is 0.553. The van der Waals surface area contributed by atoms with Crippen molar-refractivity contribution in [2.45, 2.75) is 17.2 Å². The van der Waals surface area contributed by atoms with Gasteiger partial charge in [0.25, 0.3) is 0 Å². The molecule has 0 fully saturated rings. The summed E-state index contributed by atoms with van der Waals surface area (Å²) in [5.74, 6) is 0.0926. The highest BCUT2D eigenvalue weighted by Crippen LogP contribution is 2.32. The molecule has 4 nitrogen and oxygen atoms in total. The predicted octanol–water partition coefficient (Wildman–Crippen LogP) is 3.39. The minimum atomic E-state index is -3.70. The number of hydrogen-bond donors (Lipinski definition) is 0. The standard InChI is InChI=1S/C12H16Cl3NO3S/c1-16(4-3-5-19-2)20(17,18)11-7-10(14)6-9(8-13)12(11)15/h6-7H,3-5,8H2,1-2H3. The topological polar surface area (TPSA) is 46.6 Å². The molecule has 0 amide bonds. The van der Waals surface area contributed by atoms with Crippen molar-refractivity contribution in [1.29, 1.82) is 0 Å². The highest BCUT2D eigenvalue weighted by Gasteiger charge is 2.25. The normalized spacial score (nSPS) is 12.1. The Balaban J connectivity index is 3.12. The summed E-state index contributed by atoms with van der Waals surface area (Å²) in [7, 11) is -0.649. The average molecular weight is 361 g/mol. The molecule has 0 aromatic heterocycles. The largest absolute Gasteiger partial charge is 0.385 e. The van der Waals surface area contributed by atoms with Crippen molar-refractivity contribution >= 4 is 44.8 Å². The molecule has 114 valence electrons. The van der Waals surface area contributed by atoms with Gasteiger partial charge in [-0.1, -0.05) is 23.2 Å². The first-order chi connectivity index (χ1) is 9.34. The predicted molar refractivity (Wildman–Crippen MR) is 82.3 cm³/mol. The number of halogens is 3. The molecule has 0 aliphatic heterocycles. The lowest BCUT2D eigenvalue weighted by Crippen LogP contribution is -2.29. The van der Waals surface area contributed by atoms with Crippen molar-refractivity contribution in [2.75, 3.05) is 27.3 Å². The van der Waals surface area contributed by atoms with Gasteiger partial charge in [0.1, 0.15) is 4.90 Å². The van der Waals surface area contributed by atoms with E-state index in [1.807, 2.05) is 0 Å². The Kier molecular flexibility index (Phi) is 7.04. The van der Waals surface area contributed by atoms with E-state index < -0.39 is 10.0 Å². The molecule has 0 aliphatic rings. The van der Waals surface area contributed by atoms with Crippen LogP contribution in [-0.2, 0) is 20.6 Å². The number of hydrogen-bond acceptors (Lipinski definition) is 3. The molecule has 0 atom stereocenters. The highest BCUT2D eigenvalue weighted by atomic mass is 35.5. The fourth-order valence-electron chi connectivity index (χ4n) is 1.62. The summed E-state index contributed by atoms with van der Waals surface area (Å²) in [6.45, 7) is 0.811. The van der Waals surface area contributed by atoms with E-state index in [2.05, 4.69) is 0 Å². The van der Waals surface area contributed by atoms with Crippen molar-refractivity contribution in [3.05, 3.63) is 27.7 Å². The third kappa shape index (κ3) is 4.23. The van der Waals surface area contributed by atoms with E-state index in [4.69, 9.17) is 39.5 Å². The molecule has 0 spiro atoms. The van der Waals surface area contributed by atoms with Crippen LogP contribution in [0.4, 0.5) is 0 Å². The number of nitrogens with zero attached hydrogens (tertiary/aromatic N) is 1. The molecule has 0 radical (unpaired) electrons. The van der Waals surface area contributed by atoms with Crippen molar-refractivity contribution in [3.63, 3.8) is 0 Å². The lowest BCUT2D eigenvalue weighted by atomic mass is 10.2. The second-order valence-electron chi connectivity index (χ2n) is 4.18. The van der Waals surface area contributed by atoms with Crippen LogP contribution in [0.1, 0.15) is 12.0 Å². The van der Waals surface area contributed by atoms with Gasteiger partial charge in [0.15, 0.2) is 0 Å². The van der Waals surface area contributed by atoms with Crippen LogP contribution in [0.3, 0.4) is 0 Å². The Morgan fingerprint density at radius 3 is 2.50 bits per heavy atom. The molecular formula is C12H16Cl3NO3S. The van der Waals surface area contributed by atoms with E-state index in [-0.39, 0.29) is 20.8 Å². The van der Waals surface area contributed by atoms with Crippen LogP contribution in [-0.4, -0.2) is 40.0 Å². The van der Waals surface area contributed by atoms with Crippen molar-refractivity contribution in [3.8, 4) is 0 Å². The van der Waals surface area contributed by atoms with Crippen LogP contribution in [0, 0.1) is 0 Å². The molecule has 0 aliphatic carbocycles. The fraction of sp³-hybridized carbons (Fsp3) is 0.500. The van der Waals surface area contributed by atoms with Gasteiger partial charge in [-0.25, -0.2) is 12.7 Å². The zero-order chi connectivity index (χ0) is 15.3. The summed E-state index contributed by atoms with van der Waals surface area (Å²) in [5, 5.41) is 0.400. The molecule has 20 heavy (non-hydrogen) atoms. The van der Waals surface area contributed by atoms with Crippen molar-refractivity contribution in [1.82, 2.24) is 4.31 Å². The third-order valence-electron chi connectivity index (χ3n) is 2.73. The molecule has 0 N–H and O–H groups in total. The first kappa shape index (κ1) is 18.0. The monoisotopic (exact) mass is 359 g/mol. The zero-order valence-electron chi connectivity index (χ0n) is 11.2. The van der Waals surface area contributed by atoms with Crippen LogP contribution in [0.15, 0.2) is 17.0 Å². The van der Waals surface area contributed by atoms with E-state index >= 15 is 0 Å². The number of benzene rings is 1. The second kappa shape index (κ2) is 7.82. The van der Waals surface area contributed by atoms with Gasteiger partial charge in [-0.3, -0.25) is 0 Å². The van der Waals surface area contributed by atoms with E-state index in [1.165, 1.54) is 17.4 Å². The van der Waals surface area contributed by atoms with Gasteiger partial charge in [-0.2, -0.15) is 0 Å². The fourth-order valence-corrected chi connectivity index (χ4v) is 4.01. The van der Waals surface area contributed by atoms with Crippen LogP contribution < -0.4 is 0 Å². The summed E-state index contributed by atoms with van der Waals surface area (Å²) < 4.78 is 31.1. The summed E-state index contributed by atoms with van der Waals surface area (Å²) in [5.41, 5.74) is 0.490. The SMILES string of the molecule is COCCCN(C)S(=O)(=O)c1cc(Cl)cc(CCl)c1Cl. The number of methoxy groups -OCH3 is 1. The second-order valence-corrected chi connectivity index (χ2v) is 7.28. The molecule has 0 saturated carbocycles. The zero-order valence-corrected chi connectivity index (χ0v) is 14.3. The van der Waals surface area contributed by atoms with Gasteiger partial charge in [-0.05, 0) is 24.1 Å². The minimum Gasteiger partial charge on any atom is -0.385 e. The summed E-state index contributed by atoms with van der Waals surface area (Å²) in [4.78, 5) is -0.0257. The number of sulfonamides is 1. The Hall–Kier alpha value is -0.0400. The van der Waals surface area contributed by atoms with Gasteiger partial charge in [0.05, 0.1) is 5.02 Å². The van der Waals surface area contributed by atoms with Gasteiger partial charge < -0.3 is 4.74 Å². The molecule has 0 saturated heterocycles. The van der Waals surface area contributed by atoms with Gasteiger partial charge in [0, 0.05) is 38.2 Å². The first-order valence-electron chi connectivity index (χ1n) is 5.83.